The van der Waals surface area contributed by atoms with Crippen LogP contribution in [0.2, 0.25) is 5.15 Å². The second kappa shape index (κ2) is 4.34. The molecular weight excluding hydrogens is 258 g/mol. The maximum atomic E-state index is 5.81. The van der Waals surface area contributed by atoms with E-state index in [0.29, 0.717) is 22.0 Å². The number of anilines is 1. The predicted molar refractivity (Wildman–Crippen MR) is 78.5 cm³/mol. The molecule has 0 radical (unpaired) electrons. The molecule has 2 bridgehead atoms. The van der Waals surface area contributed by atoms with E-state index in [4.69, 9.17) is 11.6 Å². The van der Waals surface area contributed by atoms with Crippen LogP contribution in [0.1, 0.15) is 46.0 Å². The number of halogens is 1. The number of aromatic nitrogens is 2. The maximum absolute atomic E-state index is 5.81. The van der Waals surface area contributed by atoms with Gasteiger partial charge in [-0.2, -0.15) is 0 Å². The Labute approximate surface area is 120 Å². The van der Waals surface area contributed by atoms with Crippen molar-refractivity contribution in [2.75, 3.05) is 11.9 Å². The molecule has 3 rings (SSSR count). The Kier molecular flexibility index (Phi) is 3.01. The summed E-state index contributed by atoms with van der Waals surface area (Å²) in [6.07, 6.45) is 6.67. The first kappa shape index (κ1) is 13.2. The molecule has 4 heteroatoms. The van der Waals surface area contributed by atoms with Crippen LogP contribution in [0.25, 0.3) is 0 Å². The zero-order chi connectivity index (χ0) is 13.7. The molecule has 2 saturated carbocycles. The maximum Gasteiger partial charge on any atom is 0.151 e. The molecule has 2 fully saturated rings. The first-order valence-electron chi connectivity index (χ1n) is 7.11. The average Bonchev–Trinajstić information content (AvgIpc) is 2.58. The molecule has 0 aliphatic heterocycles. The lowest BCUT2D eigenvalue weighted by molar-refractivity contribution is 0.148. The summed E-state index contributed by atoms with van der Waals surface area (Å²) in [7, 11) is 2.14. The zero-order valence-corrected chi connectivity index (χ0v) is 12.7. The summed E-state index contributed by atoms with van der Waals surface area (Å²) in [6, 6.07) is 4.36. The van der Waals surface area contributed by atoms with Crippen LogP contribution in [0.5, 0.6) is 0 Å². The quantitative estimate of drug-likeness (QED) is 0.821. The lowest BCUT2D eigenvalue weighted by atomic mass is 9.68. The van der Waals surface area contributed by atoms with E-state index in [0.717, 1.165) is 5.82 Å². The van der Waals surface area contributed by atoms with Crippen LogP contribution < -0.4 is 4.90 Å². The highest BCUT2D eigenvalue weighted by molar-refractivity contribution is 6.29. The van der Waals surface area contributed by atoms with Crippen LogP contribution in [0.15, 0.2) is 12.1 Å². The molecule has 0 N–H and O–H groups in total. The Morgan fingerprint density at radius 1 is 1.16 bits per heavy atom. The van der Waals surface area contributed by atoms with Crippen molar-refractivity contribution in [3.8, 4) is 0 Å². The van der Waals surface area contributed by atoms with E-state index >= 15 is 0 Å². The number of hydrogen-bond acceptors (Lipinski definition) is 3. The fourth-order valence-corrected chi connectivity index (χ4v) is 4.43. The summed E-state index contributed by atoms with van der Waals surface area (Å²) in [4.78, 5) is 2.30. The standard InChI is InChI=1S/C15H22ClN3/c1-14-6-7-15(2,10-14)9-11(8-14)19(3)13-5-4-12(16)17-18-13/h4-5,11H,6-10H2,1-3H3/t11-,14-,15?/m1/s1. The fraction of sp³-hybridized carbons (Fsp3) is 0.733. The van der Waals surface area contributed by atoms with Crippen molar-refractivity contribution in [2.45, 2.75) is 52.0 Å². The van der Waals surface area contributed by atoms with Crippen molar-refractivity contribution in [1.82, 2.24) is 10.2 Å². The molecule has 104 valence electrons. The summed E-state index contributed by atoms with van der Waals surface area (Å²) in [6.45, 7) is 4.90. The van der Waals surface area contributed by atoms with Gasteiger partial charge in [-0.25, -0.2) is 0 Å². The number of fused-ring (bicyclic) bond motifs is 2. The third-order valence-electron chi connectivity index (χ3n) is 5.17. The molecule has 0 saturated heterocycles. The van der Waals surface area contributed by atoms with E-state index in [1.807, 2.05) is 12.1 Å². The Bertz CT molecular complexity index is 457. The molecule has 1 aromatic heterocycles. The van der Waals surface area contributed by atoms with Gasteiger partial charge >= 0.3 is 0 Å². The van der Waals surface area contributed by atoms with E-state index < -0.39 is 0 Å². The van der Waals surface area contributed by atoms with Crippen molar-refractivity contribution in [3.05, 3.63) is 17.3 Å². The molecule has 2 aliphatic carbocycles. The molecule has 1 unspecified atom stereocenters. The topological polar surface area (TPSA) is 29.0 Å². The summed E-state index contributed by atoms with van der Waals surface area (Å²) in [5.41, 5.74) is 1.04. The molecule has 2 aliphatic rings. The van der Waals surface area contributed by atoms with Crippen molar-refractivity contribution in [1.29, 1.82) is 0 Å². The van der Waals surface area contributed by atoms with Gasteiger partial charge in [0.1, 0.15) is 0 Å². The smallest absolute Gasteiger partial charge is 0.151 e. The van der Waals surface area contributed by atoms with E-state index in [-0.39, 0.29) is 0 Å². The summed E-state index contributed by atoms with van der Waals surface area (Å²) in [5, 5.41) is 8.63. The lowest BCUT2D eigenvalue weighted by Gasteiger charge is -2.44. The van der Waals surface area contributed by atoms with Crippen molar-refractivity contribution < 1.29 is 0 Å². The Morgan fingerprint density at radius 2 is 1.79 bits per heavy atom. The van der Waals surface area contributed by atoms with Gasteiger partial charge in [0, 0.05) is 13.1 Å². The van der Waals surface area contributed by atoms with Gasteiger partial charge in [0.15, 0.2) is 11.0 Å². The molecule has 3 atom stereocenters. The van der Waals surface area contributed by atoms with E-state index in [9.17, 15) is 0 Å². The van der Waals surface area contributed by atoms with Crippen LogP contribution in [-0.4, -0.2) is 23.3 Å². The molecule has 1 aromatic rings. The normalized spacial score (nSPS) is 37.4. The van der Waals surface area contributed by atoms with E-state index in [1.165, 1.54) is 32.1 Å². The summed E-state index contributed by atoms with van der Waals surface area (Å²) >= 11 is 5.81. The average molecular weight is 280 g/mol. The number of nitrogens with zero attached hydrogens (tertiary/aromatic N) is 3. The van der Waals surface area contributed by atoms with Gasteiger partial charge in [-0.05, 0) is 55.1 Å². The minimum Gasteiger partial charge on any atom is -0.355 e. The number of rotatable bonds is 2. The Hall–Kier alpha value is -0.830. The van der Waals surface area contributed by atoms with Gasteiger partial charge in [0.2, 0.25) is 0 Å². The lowest BCUT2D eigenvalue weighted by Crippen LogP contribution is -2.42. The fourth-order valence-electron chi connectivity index (χ4n) is 4.33. The highest BCUT2D eigenvalue weighted by Crippen LogP contribution is 2.58. The van der Waals surface area contributed by atoms with Gasteiger partial charge < -0.3 is 4.90 Å². The van der Waals surface area contributed by atoms with Gasteiger partial charge in [-0.3, -0.25) is 0 Å². The largest absolute Gasteiger partial charge is 0.355 e. The van der Waals surface area contributed by atoms with Crippen molar-refractivity contribution >= 4 is 17.4 Å². The Morgan fingerprint density at radius 3 is 2.32 bits per heavy atom. The zero-order valence-electron chi connectivity index (χ0n) is 12.0. The van der Waals surface area contributed by atoms with Gasteiger partial charge in [-0.15, -0.1) is 10.2 Å². The molecule has 19 heavy (non-hydrogen) atoms. The molecule has 3 nitrogen and oxygen atoms in total. The van der Waals surface area contributed by atoms with Gasteiger partial charge in [-0.1, -0.05) is 25.4 Å². The molecule has 0 amide bonds. The molecular formula is C15H22ClN3. The molecule has 1 heterocycles. The van der Waals surface area contributed by atoms with E-state index in [1.54, 1.807) is 0 Å². The second-order valence-corrected chi connectivity index (χ2v) is 7.57. The third kappa shape index (κ3) is 2.45. The minimum absolute atomic E-state index is 0.458. The van der Waals surface area contributed by atoms with Gasteiger partial charge in [0.05, 0.1) is 0 Å². The first-order chi connectivity index (χ1) is 8.89. The van der Waals surface area contributed by atoms with Crippen molar-refractivity contribution in [2.24, 2.45) is 10.8 Å². The second-order valence-electron chi connectivity index (χ2n) is 7.19. The van der Waals surface area contributed by atoms with Crippen LogP contribution in [-0.2, 0) is 0 Å². The van der Waals surface area contributed by atoms with Crippen molar-refractivity contribution in [3.63, 3.8) is 0 Å². The van der Waals surface area contributed by atoms with Crippen LogP contribution in [0.4, 0.5) is 5.82 Å². The molecule has 0 spiro atoms. The first-order valence-corrected chi connectivity index (χ1v) is 7.49. The predicted octanol–water partition coefficient (Wildman–Crippen LogP) is 3.93. The SMILES string of the molecule is CN(c1ccc(Cl)nn1)[C@H]1CC2(C)CC[C@](C)(C1)C2. The monoisotopic (exact) mass is 279 g/mol. The van der Waals surface area contributed by atoms with Crippen LogP contribution in [0.3, 0.4) is 0 Å². The van der Waals surface area contributed by atoms with Crippen LogP contribution in [0, 0.1) is 10.8 Å². The van der Waals surface area contributed by atoms with Crippen LogP contribution >= 0.6 is 11.6 Å². The summed E-state index contributed by atoms with van der Waals surface area (Å²) < 4.78 is 0. The third-order valence-corrected chi connectivity index (χ3v) is 5.37. The summed E-state index contributed by atoms with van der Waals surface area (Å²) in [5.74, 6) is 0.933. The highest BCUT2D eigenvalue weighted by atomic mass is 35.5. The van der Waals surface area contributed by atoms with E-state index in [2.05, 4.69) is 36.0 Å². The highest BCUT2D eigenvalue weighted by Gasteiger charge is 2.49. The Balaban J connectivity index is 1.81. The van der Waals surface area contributed by atoms with Gasteiger partial charge in [0.25, 0.3) is 0 Å². The minimum atomic E-state index is 0.458. The number of hydrogen-bond donors (Lipinski definition) is 0. The molecule has 0 aromatic carbocycles.